The van der Waals surface area contributed by atoms with Gasteiger partial charge in [0.05, 0.1) is 0 Å². The molecule has 0 N–H and O–H groups in total. The molecule has 0 atom stereocenters. The van der Waals surface area contributed by atoms with Crippen molar-refractivity contribution in [2.45, 2.75) is 108 Å². The van der Waals surface area contributed by atoms with Gasteiger partial charge in [-0.15, -0.1) is 12.1 Å². The smallest absolute Gasteiger partial charge is 0.152 e. The first-order valence-electron chi connectivity index (χ1n) is 17.5. The fraction of sp³-hybridized carbons (Fsp3) is 0.444. The van der Waals surface area contributed by atoms with E-state index >= 15 is 0 Å². The first-order valence-corrected chi connectivity index (χ1v) is 17.5. The topological polar surface area (TPSA) is 0 Å². The normalized spacial score (nSPS) is 14.6. The minimum absolute atomic E-state index is 0. The molecular weight excluding hydrogens is 809 g/mol. The Morgan fingerprint density at radius 2 is 0.938 bits per heavy atom. The molecule has 0 unspecified atom stereocenters. The van der Waals surface area contributed by atoms with Gasteiger partial charge in [-0.25, -0.2) is 0 Å². The average Bonchev–Trinajstić information content (AvgIpc) is 2.98. The summed E-state index contributed by atoms with van der Waals surface area (Å²) >= 11 is 0. The van der Waals surface area contributed by atoms with Crippen LogP contribution in [0.5, 0.6) is 0 Å². The van der Waals surface area contributed by atoms with E-state index in [9.17, 15) is 0 Å². The average molecular weight is 868 g/mol. The summed E-state index contributed by atoms with van der Waals surface area (Å²) in [5, 5.41) is 0. The summed E-state index contributed by atoms with van der Waals surface area (Å²) in [6.45, 7) is 27.7. The van der Waals surface area contributed by atoms with Crippen LogP contribution in [0.15, 0.2) is 97.1 Å². The number of hydrogen-bond donors (Lipinski definition) is 0. The maximum Gasteiger partial charge on any atom is 0.152 e. The first kappa shape index (κ1) is 38.3. The number of rotatable bonds is 7. The number of benzene rings is 4. The van der Waals surface area contributed by atoms with Crippen LogP contribution in [0.25, 0.3) is 22.3 Å². The van der Waals surface area contributed by atoms with Crippen molar-refractivity contribution in [2.75, 3.05) is 0 Å². The molecule has 1 aliphatic rings. The van der Waals surface area contributed by atoms with Crippen molar-refractivity contribution in [3.8, 4) is 22.3 Å². The Morgan fingerprint density at radius 1 is 0.562 bits per heavy atom. The molecule has 0 heterocycles. The molecule has 0 aliphatic heterocycles. The predicted octanol–water partition coefficient (Wildman–Crippen LogP) is 11.4. The van der Waals surface area contributed by atoms with Crippen molar-refractivity contribution in [3.63, 3.8) is 0 Å². The molecule has 0 nitrogen and oxygen atoms in total. The van der Waals surface area contributed by atoms with Crippen LogP contribution in [-0.2, 0) is 5.41 Å². The Bertz CT molecular complexity index is 1560. The molecule has 253 valence electrons. The Balaban J connectivity index is 0.000000619. The first-order chi connectivity index (χ1) is 21.7. The van der Waals surface area contributed by atoms with Crippen LogP contribution >= 0.6 is 0 Å². The summed E-state index contributed by atoms with van der Waals surface area (Å²) in [5.74, 6) is 1.55. The molecule has 4 aromatic rings. The van der Waals surface area contributed by atoms with E-state index < -0.39 is 0 Å². The zero-order chi connectivity index (χ0) is 34.8. The van der Waals surface area contributed by atoms with Crippen molar-refractivity contribution in [1.82, 2.24) is 0 Å². The van der Waals surface area contributed by atoms with Crippen LogP contribution in [0.4, 0.5) is 0 Å². The summed E-state index contributed by atoms with van der Waals surface area (Å²) < 4.78 is 0. The van der Waals surface area contributed by atoms with Crippen LogP contribution in [0, 0.1) is 27.6 Å². The molecule has 0 aromatic heterocycles. The van der Waals surface area contributed by atoms with E-state index in [1.54, 1.807) is 5.92 Å². The van der Waals surface area contributed by atoms with Gasteiger partial charge in [-0.05, 0) is 54.9 Å². The van der Waals surface area contributed by atoms with Crippen LogP contribution in [0.3, 0.4) is 0 Å². The third-order valence-corrected chi connectivity index (χ3v) is 11.7. The van der Waals surface area contributed by atoms with Gasteiger partial charge in [-0.3, -0.25) is 0 Å². The van der Waals surface area contributed by atoms with E-state index in [-0.39, 0.29) is 16.2 Å². The van der Waals surface area contributed by atoms with Crippen LogP contribution < -0.4 is 10.9 Å². The SMILES string of the molecule is CC(C)(C)C(C)(C)C.[B]c1ccc(-c2ccc(C3(C)C[C-](c4ccc(-c5ccc([B]CC(C)(C)C(C)(C)C)cc5)cc4)C3)cc2)cc1.[Cm]. The second kappa shape index (κ2) is 14.2. The van der Waals surface area contributed by atoms with E-state index in [0.29, 0.717) is 10.8 Å². The fourth-order valence-electron chi connectivity index (χ4n) is 5.43. The maximum absolute atomic E-state index is 5.85. The Kier molecular flexibility index (Phi) is 11.3. The summed E-state index contributed by atoms with van der Waals surface area (Å²) in [6, 6.07) is 35.4. The van der Waals surface area contributed by atoms with Gasteiger partial charge < -0.3 is 0 Å². The molecule has 1 fully saturated rings. The minimum atomic E-state index is 0. The molecule has 0 amide bonds. The Morgan fingerprint density at radius 3 is 1.33 bits per heavy atom. The van der Waals surface area contributed by atoms with Crippen molar-refractivity contribution in [1.29, 1.82) is 0 Å². The third kappa shape index (κ3) is 9.06. The van der Waals surface area contributed by atoms with Gasteiger partial charge in [0.25, 0.3) is 0 Å². The maximum atomic E-state index is 5.85. The van der Waals surface area contributed by atoms with Gasteiger partial charge in [-0.1, -0.05) is 186 Å². The van der Waals surface area contributed by atoms with Gasteiger partial charge >= 0.3 is 0 Å². The van der Waals surface area contributed by atoms with Gasteiger partial charge in [0.15, 0.2) is 7.28 Å². The monoisotopic (exact) mass is 864 g/mol. The standard InChI is InChI=1S/C37H40B2.C8H18.Cm/c1-35(2,3)36(4,5)25-39-34-21-15-29(16-22-34)26-7-9-30(10-8-26)31-23-37(6,24-31)32-17-11-27(12-18-32)28-13-19-33(38)20-14-28;1-7(2,3)8(4,5)6;/h7-22H,23-25H2,1-6H3;1-6H3;/q-1;;. The quantitative estimate of drug-likeness (QED) is 0.128. The third-order valence-electron chi connectivity index (χ3n) is 11.7. The van der Waals surface area contributed by atoms with Crippen molar-refractivity contribution in [2.24, 2.45) is 21.7 Å². The molecule has 1 saturated carbocycles. The van der Waals surface area contributed by atoms with Gasteiger partial charge in [0.2, 0.25) is 0 Å². The van der Waals surface area contributed by atoms with Gasteiger partial charge in [0.1, 0.15) is 7.85 Å². The molecule has 48 heavy (non-hydrogen) atoms. The van der Waals surface area contributed by atoms with E-state index in [1.165, 1.54) is 38.8 Å². The molecule has 5 rings (SSSR count). The van der Waals surface area contributed by atoms with Crippen LogP contribution in [0.2, 0.25) is 6.32 Å². The van der Waals surface area contributed by atoms with Crippen molar-refractivity contribution >= 4 is 26.1 Å². The van der Waals surface area contributed by atoms with Crippen molar-refractivity contribution < 1.29 is 0 Å². The Hall–Kier alpha value is -4.12. The Labute approximate surface area is 290 Å². The summed E-state index contributed by atoms with van der Waals surface area (Å²) in [5.41, 5.74) is 11.5. The molecule has 0 bridgehead atoms. The second-order valence-corrected chi connectivity index (χ2v) is 18.0. The van der Waals surface area contributed by atoms with E-state index in [0.717, 1.165) is 24.6 Å². The summed E-state index contributed by atoms with van der Waals surface area (Å²) in [7, 11) is 8.23. The molecule has 4 aromatic carbocycles. The fourth-order valence-corrected chi connectivity index (χ4v) is 5.43. The molecule has 0 spiro atoms. The van der Waals surface area contributed by atoms with Crippen LogP contribution in [0.1, 0.15) is 107 Å². The molecule has 0 saturated heterocycles. The molecular formula is C45H58B2Cm-. The number of hydrogen-bond acceptors (Lipinski definition) is 0. The zero-order valence-corrected chi connectivity index (χ0v) is 34.8. The van der Waals surface area contributed by atoms with Crippen LogP contribution in [-0.4, -0.2) is 15.1 Å². The predicted molar refractivity (Wildman–Crippen MR) is 210 cm³/mol. The van der Waals surface area contributed by atoms with E-state index in [4.69, 9.17) is 7.85 Å². The largest absolute Gasteiger partial charge is 0.189 e. The van der Waals surface area contributed by atoms with Gasteiger partial charge in [-0.2, -0.15) is 23.6 Å². The molecule has 1 aliphatic carbocycles. The van der Waals surface area contributed by atoms with Crippen molar-refractivity contribution in [3.05, 3.63) is 114 Å². The summed E-state index contributed by atoms with van der Waals surface area (Å²) in [6.07, 6.45) is 3.31. The molecule has 3 heteroatoms. The summed E-state index contributed by atoms with van der Waals surface area (Å²) in [4.78, 5) is 0. The molecule has 3 radical (unpaired) electrons. The van der Waals surface area contributed by atoms with Gasteiger partial charge in [0, 0.05) is 0 Å². The minimum Gasteiger partial charge on any atom is -0.189 e. The second-order valence-electron chi connectivity index (χ2n) is 18.0. The van der Waals surface area contributed by atoms with E-state index in [2.05, 4.69) is 175 Å². The van der Waals surface area contributed by atoms with E-state index in [1.807, 2.05) is 12.1 Å². The zero-order valence-electron chi connectivity index (χ0n) is 31.9.